The molecule has 1 aromatic carbocycles. The van der Waals surface area contributed by atoms with Gasteiger partial charge in [0.15, 0.2) is 0 Å². The molecule has 0 radical (unpaired) electrons. The van der Waals surface area contributed by atoms with Crippen LogP contribution in [-0.2, 0) is 11.2 Å². The van der Waals surface area contributed by atoms with Gasteiger partial charge in [-0.05, 0) is 38.3 Å². The van der Waals surface area contributed by atoms with Gasteiger partial charge in [-0.2, -0.15) is 5.10 Å². The van der Waals surface area contributed by atoms with Gasteiger partial charge in [-0.15, -0.1) is 0 Å². The highest BCUT2D eigenvalue weighted by Crippen LogP contribution is 2.20. The first-order valence-corrected chi connectivity index (χ1v) is 8.77. The van der Waals surface area contributed by atoms with Crippen molar-refractivity contribution < 1.29 is 9.53 Å². The van der Waals surface area contributed by atoms with Crippen LogP contribution in [0.25, 0.3) is 5.69 Å². The molecule has 128 valence electrons. The summed E-state index contributed by atoms with van der Waals surface area (Å²) in [7, 11) is 0. The number of nitrogens with zero attached hydrogens (tertiary/aromatic N) is 3. The molecule has 1 unspecified atom stereocenters. The molecule has 0 saturated carbocycles. The highest BCUT2D eigenvalue weighted by molar-refractivity contribution is 5.95. The number of hydrogen-bond donors (Lipinski definition) is 0. The lowest BCUT2D eigenvalue weighted by molar-refractivity contribution is 0.00720. The summed E-state index contributed by atoms with van der Waals surface area (Å²) in [4.78, 5) is 14.9. The minimum Gasteiger partial charge on any atom is -0.377 e. The molecule has 1 aromatic heterocycles. The van der Waals surface area contributed by atoms with Gasteiger partial charge in [-0.25, -0.2) is 4.68 Å². The number of amides is 1. The number of carbonyl (C=O) groups is 1. The number of rotatable bonds is 5. The van der Waals surface area contributed by atoms with Gasteiger partial charge in [0.25, 0.3) is 5.91 Å². The van der Waals surface area contributed by atoms with Crippen molar-refractivity contribution in [1.29, 1.82) is 0 Å². The lowest BCUT2D eigenvalue weighted by Gasteiger charge is -2.32. The molecule has 0 bridgehead atoms. The summed E-state index contributed by atoms with van der Waals surface area (Å²) in [6.07, 6.45) is 4.64. The highest BCUT2D eigenvalue weighted by Gasteiger charge is 2.27. The zero-order valence-electron chi connectivity index (χ0n) is 14.4. The Bertz CT molecular complexity index is 679. The zero-order chi connectivity index (χ0) is 16.9. The largest absolute Gasteiger partial charge is 0.377 e. The van der Waals surface area contributed by atoms with E-state index in [2.05, 4.69) is 12.0 Å². The van der Waals surface area contributed by atoms with Crippen molar-refractivity contribution in [2.75, 3.05) is 19.7 Å². The van der Waals surface area contributed by atoms with E-state index in [0.717, 1.165) is 37.2 Å². The van der Waals surface area contributed by atoms with E-state index in [9.17, 15) is 4.79 Å². The van der Waals surface area contributed by atoms with E-state index in [1.807, 2.05) is 46.8 Å². The fourth-order valence-electron chi connectivity index (χ4n) is 3.35. The second kappa shape index (κ2) is 7.62. The first kappa shape index (κ1) is 16.7. The van der Waals surface area contributed by atoms with Crippen LogP contribution in [0.5, 0.6) is 0 Å². The normalized spacial score (nSPS) is 17.9. The number of aromatic nitrogens is 2. The third-order valence-corrected chi connectivity index (χ3v) is 4.50. The van der Waals surface area contributed by atoms with Crippen LogP contribution in [0, 0.1) is 0 Å². The van der Waals surface area contributed by atoms with Gasteiger partial charge in [0.1, 0.15) is 0 Å². The molecule has 1 aliphatic heterocycles. The van der Waals surface area contributed by atoms with Gasteiger partial charge >= 0.3 is 0 Å². The summed E-state index contributed by atoms with van der Waals surface area (Å²) in [6.45, 7) is 6.22. The second-order valence-electron chi connectivity index (χ2n) is 6.08. The summed E-state index contributed by atoms with van der Waals surface area (Å²) in [5.74, 6) is 0.0680. The molecule has 2 aromatic rings. The summed E-state index contributed by atoms with van der Waals surface area (Å²) in [5.41, 5.74) is 2.66. The number of hydrogen-bond acceptors (Lipinski definition) is 3. The van der Waals surface area contributed by atoms with Crippen molar-refractivity contribution in [3.63, 3.8) is 0 Å². The Morgan fingerprint density at radius 3 is 2.79 bits per heavy atom. The predicted molar refractivity (Wildman–Crippen MR) is 93.5 cm³/mol. The smallest absolute Gasteiger partial charge is 0.257 e. The van der Waals surface area contributed by atoms with Crippen molar-refractivity contribution in [3.8, 4) is 5.69 Å². The molecule has 3 rings (SSSR count). The van der Waals surface area contributed by atoms with Crippen LogP contribution in [0.15, 0.2) is 36.5 Å². The van der Waals surface area contributed by atoms with Crippen LogP contribution in [0.4, 0.5) is 0 Å². The van der Waals surface area contributed by atoms with Crippen molar-refractivity contribution in [3.05, 3.63) is 47.8 Å². The SMILES string of the molecule is CCOC1CCCN(C(=O)c2cnn(-c3ccccc3)c2CC)C1. The van der Waals surface area contributed by atoms with E-state index in [1.165, 1.54) is 0 Å². The lowest BCUT2D eigenvalue weighted by Crippen LogP contribution is -2.43. The summed E-state index contributed by atoms with van der Waals surface area (Å²) < 4.78 is 7.59. The van der Waals surface area contributed by atoms with Crippen molar-refractivity contribution >= 4 is 5.91 Å². The molecule has 0 spiro atoms. The van der Waals surface area contributed by atoms with Crippen LogP contribution in [0.3, 0.4) is 0 Å². The van der Waals surface area contributed by atoms with Crippen LogP contribution >= 0.6 is 0 Å². The Hall–Kier alpha value is -2.14. The van der Waals surface area contributed by atoms with Crippen molar-refractivity contribution in [1.82, 2.24) is 14.7 Å². The van der Waals surface area contributed by atoms with Crippen molar-refractivity contribution in [2.45, 2.75) is 39.2 Å². The number of likely N-dealkylation sites (tertiary alicyclic amines) is 1. The molecule has 0 aliphatic carbocycles. The van der Waals surface area contributed by atoms with E-state index in [-0.39, 0.29) is 12.0 Å². The number of benzene rings is 1. The topological polar surface area (TPSA) is 47.4 Å². The molecule has 2 heterocycles. The Balaban J connectivity index is 1.84. The summed E-state index contributed by atoms with van der Waals surface area (Å²) in [6, 6.07) is 9.95. The molecular formula is C19H25N3O2. The highest BCUT2D eigenvalue weighted by atomic mass is 16.5. The van der Waals surface area contributed by atoms with Crippen LogP contribution in [0.1, 0.15) is 42.7 Å². The van der Waals surface area contributed by atoms with E-state index >= 15 is 0 Å². The Kier molecular flexibility index (Phi) is 5.30. The van der Waals surface area contributed by atoms with Gasteiger partial charge in [0.2, 0.25) is 0 Å². The van der Waals surface area contributed by atoms with Gasteiger partial charge in [0, 0.05) is 19.7 Å². The van der Waals surface area contributed by atoms with Gasteiger partial charge in [-0.3, -0.25) is 4.79 Å². The van der Waals surface area contributed by atoms with Crippen LogP contribution in [0.2, 0.25) is 0 Å². The summed E-state index contributed by atoms with van der Waals surface area (Å²) >= 11 is 0. The molecule has 0 N–H and O–H groups in total. The fourth-order valence-corrected chi connectivity index (χ4v) is 3.35. The first-order chi connectivity index (χ1) is 11.7. The molecular weight excluding hydrogens is 302 g/mol. The fraction of sp³-hybridized carbons (Fsp3) is 0.474. The number of carbonyl (C=O) groups excluding carboxylic acids is 1. The number of piperidine rings is 1. The maximum Gasteiger partial charge on any atom is 0.257 e. The second-order valence-corrected chi connectivity index (χ2v) is 6.08. The minimum absolute atomic E-state index is 0.0680. The summed E-state index contributed by atoms with van der Waals surface area (Å²) in [5, 5.41) is 4.47. The van der Waals surface area contributed by atoms with Gasteiger partial charge < -0.3 is 9.64 Å². The molecule has 1 fully saturated rings. The molecule has 1 atom stereocenters. The van der Waals surface area contributed by atoms with Gasteiger partial charge in [-0.1, -0.05) is 25.1 Å². The minimum atomic E-state index is 0.0680. The van der Waals surface area contributed by atoms with E-state index < -0.39 is 0 Å². The monoisotopic (exact) mass is 327 g/mol. The molecule has 24 heavy (non-hydrogen) atoms. The standard InChI is InChI=1S/C19H25N3O2/c1-3-18-17(13-20-22(18)15-9-6-5-7-10-15)19(23)21-12-8-11-16(14-21)24-4-2/h5-7,9-10,13,16H,3-4,8,11-12,14H2,1-2H3. The maximum absolute atomic E-state index is 13.0. The lowest BCUT2D eigenvalue weighted by atomic mass is 10.1. The Morgan fingerprint density at radius 2 is 2.08 bits per heavy atom. The predicted octanol–water partition coefficient (Wildman–Crippen LogP) is 3.08. The molecule has 1 saturated heterocycles. The molecule has 1 aliphatic rings. The molecule has 5 nitrogen and oxygen atoms in total. The van der Waals surface area contributed by atoms with Crippen molar-refractivity contribution in [2.24, 2.45) is 0 Å². The quantitative estimate of drug-likeness (QED) is 0.848. The van der Waals surface area contributed by atoms with Crippen LogP contribution in [-0.4, -0.2) is 46.4 Å². The number of para-hydroxylation sites is 1. The zero-order valence-corrected chi connectivity index (χ0v) is 14.4. The molecule has 5 heteroatoms. The first-order valence-electron chi connectivity index (χ1n) is 8.77. The number of ether oxygens (including phenoxy) is 1. The van der Waals surface area contributed by atoms with E-state index in [1.54, 1.807) is 6.20 Å². The van der Waals surface area contributed by atoms with Crippen LogP contribution < -0.4 is 0 Å². The molecule has 1 amide bonds. The average Bonchev–Trinajstić information content (AvgIpc) is 3.06. The third-order valence-electron chi connectivity index (χ3n) is 4.50. The van der Waals surface area contributed by atoms with Gasteiger partial charge in [0.05, 0.1) is 29.2 Å². The Labute approximate surface area is 143 Å². The third kappa shape index (κ3) is 3.36. The Morgan fingerprint density at radius 1 is 1.29 bits per heavy atom. The van der Waals surface area contributed by atoms with E-state index in [0.29, 0.717) is 18.7 Å². The maximum atomic E-state index is 13.0. The average molecular weight is 327 g/mol. The van der Waals surface area contributed by atoms with E-state index in [4.69, 9.17) is 4.74 Å².